The number of nitrogens with zero attached hydrogens (tertiary/aromatic N) is 2. The molecule has 0 radical (unpaired) electrons. The first-order chi connectivity index (χ1) is 21.7. The Hall–Kier alpha value is -5.10. The van der Waals surface area contributed by atoms with Crippen molar-refractivity contribution in [2.75, 3.05) is 13.2 Å². The van der Waals surface area contributed by atoms with Crippen LogP contribution in [0.5, 0.6) is 0 Å². The molecule has 2 aliphatic heterocycles. The van der Waals surface area contributed by atoms with Crippen LogP contribution in [-0.2, 0) is 22.3 Å². The number of ether oxygens (including phenoxy) is 2. The van der Waals surface area contributed by atoms with Crippen molar-refractivity contribution in [2.45, 2.75) is 36.8 Å². The van der Waals surface area contributed by atoms with E-state index in [0.29, 0.717) is 49.0 Å². The van der Waals surface area contributed by atoms with Crippen LogP contribution in [0, 0.1) is 0 Å². The lowest BCUT2D eigenvalue weighted by molar-refractivity contribution is 0.304. The third kappa shape index (κ3) is 5.51. The molecule has 5 aromatic carbocycles. The van der Waals surface area contributed by atoms with Crippen LogP contribution in [0.3, 0.4) is 0 Å². The molecule has 2 aliphatic rings. The van der Waals surface area contributed by atoms with Crippen LogP contribution in [0.25, 0.3) is 0 Å². The van der Waals surface area contributed by atoms with Crippen LogP contribution in [0.2, 0.25) is 0 Å². The summed E-state index contributed by atoms with van der Waals surface area (Å²) < 4.78 is 12.5. The predicted molar refractivity (Wildman–Crippen MR) is 172 cm³/mol. The van der Waals surface area contributed by atoms with E-state index < -0.39 is 22.7 Å². The molecule has 6 nitrogen and oxygen atoms in total. The third-order valence-corrected chi connectivity index (χ3v) is 8.56. The summed E-state index contributed by atoms with van der Waals surface area (Å²) in [6.07, 6.45) is 0.966. The van der Waals surface area contributed by atoms with Crippen LogP contribution in [-0.4, -0.2) is 25.0 Å². The molecule has 0 aliphatic carbocycles. The number of aliphatic imine (C=N–C) groups is 2. The Morgan fingerprint density at radius 2 is 0.864 bits per heavy atom. The highest BCUT2D eigenvalue weighted by molar-refractivity contribution is 5.90. The highest BCUT2D eigenvalue weighted by Gasteiger charge is 2.41. The fourth-order valence-electron chi connectivity index (χ4n) is 6.30. The molecule has 44 heavy (non-hydrogen) atoms. The summed E-state index contributed by atoms with van der Waals surface area (Å²) in [5, 5.41) is 0. The Kier molecular flexibility index (Phi) is 7.72. The van der Waals surface area contributed by atoms with Crippen molar-refractivity contribution >= 4 is 11.8 Å². The maximum atomic E-state index is 13.6. The summed E-state index contributed by atoms with van der Waals surface area (Å²) in [7, 11) is 0. The van der Waals surface area contributed by atoms with E-state index in [1.807, 2.05) is 121 Å². The topological polar surface area (TPSA) is 77.3 Å². The van der Waals surface area contributed by atoms with Gasteiger partial charge in [-0.2, -0.15) is 0 Å². The van der Waals surface area contributed by atoms with Crippen molar-refractivity contribution in [3.63, 3.8) is 0 Å². The zero-order valence-corrected chi connectivity index (χ0v) is 24.2. The van der Waals surface area contributed by atoms with E-state index in [1.165, 1.54) is 0 Å². The van der Waals surface area contributed by atoms with E-state index in [1.54, 1.807) is 0 Å². The maximum absolute atomic E-state index is 13.6. The first-order valence-corrected chi connectivity index (χ1v) is 15.1. The van der Waals surface area contributed by atoms with E-state index in [2.05, 4.69) is 0 Å². The van der Waals surface area contributed by atoms with Crippen LogP contribution in [0.15, 0.2) is 141 Å². The SMILES string of the molecule is O=c1c([C@H](Cc2ccccc2)C2=N[C@@H](c3ccccc3)CO2)c([C@H](Cc2ccccc2)C2=N[C@@H](c3ccccc3)CO2)c1=O. The smallest absolute Gasteiger partial charge is 0.230 e. The molecule has 0 N–H and O–H groups in total. The highest BCUT2D eigenvalue weighted by atomic mass is 16.5. The summed E-state index contributed by atoms with van der Waals surface area (Å²) >= 11 is 0. The van der Waals surface area contributed by atoms with Gasteiger partial charge in [-0.25, -0.2) is 9.98 Å². The molecule has 0 bridgehead atoms. The van der Waals surface area contributed by atoms with Gasteiger partial charge in [-0.3, -0.25) is 9.59 Å². The quantitative estimate of drug-likeness (QED) is 0.182. The fourth-order valence-corrected chi connectivity index (χ4v) is 6.30. The molecule has 0 amide bonds. The van der Waals surface area contributed by atoms with E-state index in [9.17, 15) is 9.59 Å². The Balaban J connectivity index is 1.31. The number of benzene rings is 4. The van der Waals surface area contributed by atoms with Gasteiger partial charge in [0.1, 0.15) is 25.3 Å². The van der Waals surface area contributed by atoms with E-state index in [4.69, 9.17) is 19.5 Å². The molecule has 4 atom stereocenters. The molecule has 6 heteroatoms. The molecule has 7 rings (SSSR count). The normalized spacial score (nSPS) is 19.1. The lowest BCUT2D eigenvalue weighted by atomic mass is 9.78. The van der Waals surface area contributed by atoms with Gasteiger partial charge in [-0.15, -0.1) is 0 Å². The van der Waals surface area contributed by atoms with Crippen LogP contribution in [0.1, 0.15) is 57.3 Å². The number of hydrogen-bond donors (Lipinski definition) is 0. The first-order valence-electron chi connectivity index (χ1n) is 15.1. The minimum Gasteiger partial charge on any atom is -0.478 e. The van der Waals surface area contributed by atoms with Gasteiger partial charge in [0.2, 0.25) is 10.9 Å². The zero-order valence-electron chi connectivity index (χ0n) is 24.2. The number of hydrogen-bond acceptors (Lipinski definition) is 6. The Morgan fingerprint density at radius 1 is 0.523 bits per heavy atom. The van der Waals surface area contributed by atoms with Gasteiger partial charge in [-0.1, -0.05) is 121 Å². The number of rotatable bonds is 10. The molecule has 0 spiro atoms. The minimum atomic E-state index is -0.503. The van der Waals surface area contributed by atoms with Crippen molar-refractivity contribution in [2.24, 2.45) is 9.98 Å². The van der Waals surface area contributed by atoms with E-state index in [-0.39, 0.29) is 12.1 Å². The molecule has 0 saturated carbocycles. The second-order valence-corrected chi connectivity index (χ2v) is 11.4. The summed E-state index contributed by atoms with van der Waals surface area (Å²) in [6, 6.07) is 39.6. The van der Waals surface area contributed by atoms with Gasteiger partial charge in [0.05, 0.1) is 11.8 Å². The molecule has 2 heterocycles. The second-order valence-electron chi connectivity index (χ2n) is 11.4. The average molecular weight is 581 g/mol. The lowest BCUT2D eigenvalue weighted by Gasteiger charge is -2.26. The molecular formula is C38H32N2O4. The van der Waals surface area contributed by atoms with Gasteiger partial charge in [-0.05, 0) is 35.1 Å². The van der Waals surface area contributed by atoms with Gasteiger partial charge in [0.25, 0.3) is 0 Å². The van der Waals surface area contributed by atoms with Crippen LogP contribution < -0.4 is 10.9 Å². The molecule has 0 aromatic heterocycles. The Labute approximate surface area is 256 Å². The third-order valence-electron chi connectivity index (χ3n) is 8.56. The summed E-state index contributed by atoms with van der Waals surface area (Å²) in [5.74, 6) is -0.0232. The van der Waals surface area contributed by atoms with Crippen molar-refractivity contribution in [3.05, 3.63) is 175 Å². The monoisotopic (exact) mass is 580 g/mol. The lowest BCUT2D eigenvalue weighted by Crippen LogP contribution is -2.46. The van der Waals surface area contributed by atoms with Gasteiger partial charge >= 0.3 is 0 Å². The Morgan fingerprint density at radius 3 is 1.23 bits per heavy atom. The fraction of sp³-hybridized carbons (Fsp3) is 0.211. The minimum absolute atomic E-state index is 0.173. The average Bonchev–Trinajstić information content (AvgIpc) is 3.78. The highest BCUT2D eigenvalue weighted by Crippen LogP contribution is 2.37. The van der Waals surface area contributed by atoms with Crippen LogP contribution >= 0.6 is 0 Å². The maximum Gasteiger partial charge on any atom is 0.230 e. The molecular weight excluding hydrogens is 548 g/mol. The summed E-state index contributed by atoms with van der Waals surface area (Å²) in [6.45, 7) is 0.773. The molecule has 0 saturated heterocycles. The summed E-state index contributed by atoms with van der Waals surface area (Å²) in [5.41, 5.74) is 4.12. The van der Waals surface area contributed by atoms with Gasteiger partial charge in [0.15, 0.2) is 11.8 Å². The Bertz CT molecular complexity index is 1720. The van der Waals surface area contributed by atoms with Crippen molar-refractivity contribution in [1.82, 2.24) is 0 Å². The van der Waals surface area contributed by atoms with E-state index >= 15 is 0 Å². The predicted octanol–water partition coefficient (Wildman–Crippen LogP) is 6.28. The van der Waals surface area contributed by atoms with Crippen molar-refractivity contribution < 1.29 is 9.47 Å². The second kappa shape index (κ2) is 12.3. The van der Waals surface area contributed by atoms with Crippen molar-refractivity contribution in [3.8, 4) is 0 Å². The standard InChI is InChI=1S/C38H32N2O4/c41-35-33(29(21-25-13-5-1-6-14-25)37-39-31(23-43-37)27-17-9-3-10-18-27)34(36(35)42)30(22-26-15-7-2-8-16-26)38-40-32(24-44-38)28-19-11-4-12-20-28/h1-20,29-32H,21-24H2/t29-,30-,31+,32+/m0/s1. The molecule has 218 valence electrons. The van der Waals surface area contributed by atoms with Crippen molar-refractivity contribution in [1.29, 1.82) is 0 Å². The van der Waals surface area contributed by atoms with Crippen LogP contribution in [0.4, 0.5) is 0 Å². The molecule has 0 unspecified atom stereocenters. The largest absolute Gasteiger partial charge is 0.478 e. The van der Waals surface area contributed by atoms with Gasteiger partial charge in [0, 0.05) is 11.1 Å². The van der Waals surface area contributed by atoms with E-state index in [0.717, 1.165) is 22.3 Å². The zero-order chi connectivity index (χ0) is 29.9. The molecule has 0 fully saturated rings. The van der Waals surface area contributed by atoms with Gasteiger partial charge < -0.3 is 9.47 Å². The molecule has 5 aromatic rings. The summed E-state index contributed by atoms with van der Waals surface area (Å²) in [4.78, 5) is 37.1. The first kappa shape index (κ1) is 27.7.